The summed E-state index contributed by atoms with van der Waals surface area (Å²) in [4.78, 5) is 0. The zero-order chi connectivity index (χ0) is 12.8. The van der Waals surface area contributed by atoms with E-state index in [9.17, 15) is 0 Å². The second kappa shape index (κ2) is 6.50. The van der Waals surface area contributed by atoms with E-state index in [4.69, 9.17) is 0 Å². The third-order valence-electron chi connectivity index (χ3n) is 3.00. The quantitative estimate of drug-likeness (QED) is 0.737. The van der Waals surface area contributed by atoms with Crippen LogP contribution in [0, 0.1) is 0 Å². The first-order valence-electron chi connectivity index (χ1n) is 6.44. The maximum Gasteiger partial charge on any atom is 0.0523 e. The van der Waals surface area contributed by atoms with Crippen LogP contribution in [0.15, 0.2) is 54.6 Å². The fourth-order valence-electron chi connectivity index (χ4n) is 1.90. The summed E-state index contributed by atoms with van der Waals surface area (Å²) >= 11 is 4.55. The van der Waals surface area contributed by atoms with Crippen LogP contribution in [-0.4, -0.2) is 0 Å². The molecule has 0 fully saturated rings. The highest BCUT2D eigenvalue weighted by molar-refractivity contribution is 7.82. The van der Waals surface area contributed by atoms with Gasteiger partial charge in [-0.1, -0.05) is 56.5 Å². The summed E-state index contributed by atoms with van der Waals surface area (Å²) in [6.45, 7) is 2.22. The number of anilines is 2. The molecule has 0 atom stereocenters. The fourth-order valence-corrected chi connectivity index (χ4v) is 2.17. The van der Waals surface area contributed by atoms with Crippen LogP contribution < -0.4 is 4.31 Å². The summed E-state index contributed by atoms with van der Waals surface area (Å²) in [6.07, 6.45) is 3.65. The topological polar surface area (TPSA) is 3.24 Å². The van der Waals surface area contributed by atoms with Crippen molar-refractivity contribution in [3.63, 3.8) is 0 Å². The molecule has 0 aliphatic heterocycles. The van der Waals surface area contributed by atoms with E-state index in [1.165, 1.54) is 18.4 Å². The van der Waals surface area contributed by atoms with Crippen molar-refractivity contribution >= 4 is 24.2 Å². The van der Waals surface area contributed by atoms with Crippen LogP contribution in [0.25, 0.3) is 0 Å². The number of rotatable bonds is 5. The first-order valence-corrected chi connectivity index (χ1v) is 6.84. The van der Waals surface area contributed by atoms with Crippen LogP contribution >= 0.6 is 12.8 Å². The average molecular weight is 257 g/mol. The van der Waals surface area contributed by atoms with E-state index < -0.39 is 0 Å². The van der Waals surface area contributed by atoms with Crippen molar-refractivity contribution in [1.82, 2.24) is 0 Å². The van der Waals surface area contributed by atoms with Crippen molar-refractivity contribution in [3.05, 3.63) is 60.2 Å². The zero-order valence-corrected chi connectivity index (χ0v) is 11.6. The molecule has 0 amide bonds. The third-order valence-corrected chi connectivity index (χ3v) is 3.46. The minimum Gasteiger partial charge on any atom is -0.287 e. The Morgan fingerprint density at radius 1 is 0.889 bits per heavy atom. The van der Waals surface area contributed by atoms with E-state index in [-0.39, 0.29) is 0 Å². The summed E-state index contributed by atoms with van der Waals surface area (Å²) in [7, 11) is 0. The molecular formula is C16H19NS. The maximum atomic E-state index is 4.55. The van der Waals surface area contributed by atoms with Crippen LogP contribution in [0.1, 0.15) is 25.3 Å². The first kappa shape index (κ1) is 13.0. The number of hydrogen-bond donors (Lipinski definition) is 1. The molecule has 1 nitrogen and oxygen atoms in total. The largest absolute Gasteiger partial charge is 0.287 e. The second-order valence-corrected chi connectivity index (χ2v) is 4.82. The summed E-state index contributed by atoms with van der Waals surface area (Å²) < 4.78 is 1.91. The number of hydrogen-bond acceptors (Lipinski definition) is 2. The summed E-state index contributed by atoms with van der Waals surface area (Å²) in [6, 6.07) is 18.8. The number of unbranched alkanes of at least 4 members (excludes halogenated alkanes) is 1. The Kier molecular flexibility index (Phi) is 4.71. The molecule has 0 saturated carbocycles. The molecule has 94 valence electrons. The SMILES string of the molecule is CCCCc1ccc(N(S)c2ccccc2)cc1. The van der Waals surface area contributed by atoms with Gasteiger partial charge in [0.2, 0.25) is 0 Å². The van der Waals surface area contributed by atoms with Crippen molar-refractivity contribution in [1.29, 1.82) is 0 Å². The number of nitrogens with zero attached hydrogens (tertiary/aromatic N) is 1. The molecule has 2 rings (SSSR count). The van der Waals surface area contributed by atoms with Crippen molar-refractivity contribution in [2.75, 3.05) is 4.31 Å². The van der Waals surface area contributed by atoms with Crippen molar-refractivity contribution < 1.29 is 0 Å². The van der Waals surface area contributed by atoms with E-state index in [2.05, 4.69) is 56.1 Å². The molecule has 2 aromatic rings. The van der Waals surface area contributed by atoms with Gasteiger partial charge >= 0.3 is 0 Å². The monoisotopic (exact) mass is 257 g/mol. The predicted molar refractivity (Wildman–Crippen MR) is 82.6 cm³/mol. The number of thiol groups is 1. The van der Waals surface area contributed by atoms with Gasteiger partial charge in [0, 0.05) is 0 Å². The lowest BCUT2D eigenvalue weighted by Crippen LogP contribution is -2.01. The Morgan fingerprint density at radius 2 is 1.50 bits per heavy atom. The van der Waals surface area contributed by atoms with Gasteiger partial charge in [0.05, 0.1) is 11.4 Å². The third kappa shape index (κ3) is 3.30. The highest BCUT2D eigenvalue weighted by atomic mass is 32.1. The molecule has 2 heteroatoms. The smallest absolute Gasteiger partial charge is 0.0523 e. The van der Waals surface area contributed by atoms with Crippen LogP contribution in [0.5, 0.6) is 0 Å². The van der Waals surface area contributed by atoms with Gasteiger partial charge in [-0.25, -0.2) is 0 Å². The molecule has 0 heterocycles. The highest BCUT2D eigenvalue weighted by Crippen LogP contribution is 2.27. The van der Waals surface area contributed by atoms with E-state index >= 15 is 0 Å². The Labute approximate surface area is 115 Å². The van der Waals surface area contributed by atoms with E-state index in [1.807, 2.05) is 22.5 Å². The molecule has 0 unspecified atom stereocenters. The number of para-hydroxylation sites is 1. The fraction of sp³-hybridized carbons (Fsp3) is 0.250. The highest BCUT2D eigenvalue weighted by Gasteiger charge is 2.03. The van der Waals surface area contributed by atoms with Crippen LogP contribution in [0.3, 0.4) is 0 Å². The van der Waals surface area contributed by atoms with Gasteiger partial charge in [-0.15, -0.1) is 0 Å². The Bertz CT molecular complexity index is 464. The lowest BCUT2D eigenvalue weighted by atomic mass is 10.1. The number of aryl methyl sites for hydroxylation is 1. The molecule has 0 bridgehead atoms. The van der Waals surface area contributed by atoms with Gasteiger partial charge in [-0.2, -0.15) is 0 Å². The summed E-state index contributed by atoms with van der Waals surface area (Å²) in [5.41, 5.74) is 3.59. The van der Waals surface area contributed by atoms with E-state index in [0.717, 1.165) is 17.8 Å². The summed E-state index contributed by atoms with van der Waals surface area (Å²) in [5, 5.41) is 0. The Hall–Kier alpha value is -1.41. The normalized spacial score (nSPS) is 10.3. The molecule has 0 N–H and O–H groups in total. The average Bonchev–Trinajstić information content (AvgIpc) is 2.46. The van der Waals surface area contributed by atoms with E-state index in [0.29, 0.717) is 0 Å². The lowest BCUT2D eigenvalue weighted by Gasteiger charge is -2.17. The Morgan fingerprint density at radius 3 is 2.11 bits per heavy atom. The van der Waals surface area contributed by atoms with Crippen LogP contribution in [-0.2, 0) is 6.42 Å². The molecule has 0 aliphatic carbocycles. The molecule has 18 heavy (non-hydrogen) atoms. The molecule has 0 aromatic heterocycles. The van der Waals surface area contributed by atoms with Gasteiger partial charge in [0.15, 0.2) is 0 Å². The standard InChI is InChI=1S/C16H19NS/c1-2-3-7-14-10-12-16(13-11-14)17(18)15-8-5-4-6-9-15/h4-6,8-13,18H,2-3,7H2,1H3. The summed E-state index contributed by atoms with van der Waals surface area (Å²) in [5.74, 6) is 0. The van der Waals surface area contributed by atoms with Gasteiger partial charge in [0.25, 0.3) is 0 Å². The molecule has 2 aromatic carbocycles. The van der Waals surface area contributed by atoms with Crippen molar-refractivity contribution in [2.24, 2.45) is 0 Å². The maximum absolute atomic E-state index is 4.55. The Balaban J connectivity index is 2.09. The van der Waals surface area contributed by atoms with Gasteiger partial charge < -0.3 is 0 Å². The molecular weight excluding hydrogens is 238 g/mol. The lowest BCUT2D eigenvalue weighted by molar-refractivity contribution is 0.795. The van der Waals surface area contributed by atoms with Gasteiger partial charge in [-0.3, -0.25) is 4.31 Å². The zero-order valence-electron chi connectivity index (χ0n) is 10.7. The minimum absolute atomic E-state index is 1.09. The van der Waals surface area contributed by atoms with Crippen LogP contribution in [0.4, 0.5) is 11.4 Å². The van der Waals surface area contributed by atoms with Crippen molar-refractivity contribution in [3.8, 4) is 0 Å². The molecule has 0 saturated heterocycles. The van der Waals surface area contributed by atoms with Crippen molar-refractivity contribution in [2.45, 2.75) is 26.2 Å². The first-order chi connectivity index (χ1) is 8.81. The van der Waals surface area contributed by atoms with Gasteiger partial charge in [0.1, 0.15) is 0 Å². The van der Waals surface area contributed by atoms with Gasteiger partial charge in [-0.05, 0) is 42.7 Å². The minimum atomic E-state index is 1.09. The van der Waals surface area contributed by atoms with E-state index in [1.54, 1.807) is 0 Å². The molecule has 0 spiro atoms. The predicted octanol–water partition coefficient (Wildman–Crippen LogP) is 5.01. The van der Waals surface area contributed by atoms with Crippen LogP contribution in [0.2, 0.25) is 0 Å². The second-order valence-electron chi connectivity index (χ2n) is 4.42. The number of benzene rings is 2. The molecule has 0 radical (unpaired) electrons. The molecule has 0 aliphatic rings.